The van der Waals surface area contributed by atoms with E-state index in [9.17, 15) is 4.79 Å². The standard InChI is InChI=1S/C19H17N3O3/c23-19(14-6-9-18(20-11-14)21-15-7-8-15)24-12-16-10-17(25-22-16)13-4-2-1-3-5-13/h1-6,9-11,15H,7-8,12H2,(H,20,21). The summed E-state index contributed by atoms with van der Waals surface area (Å²) in [7, 11) is 0. The number of hydrogen-bond donors (Lipinski definition) is 1. The van der Waals surface area contributed by atoms with Crippen molar-refractivity contribution < 1.29 is 14.1 Å². The van der Waals surface area contributed by atoms with Gasteiger partial charge in [-0.3, -0.25) is 0 Å². The van der Waals surface area contributed by atoms with Gasteiger partial charge in [-0.15, -0.1) is 0 Å². The van der Waals surface area contributed by atoms with Crippen LogP contribution in [-0.4, -0.2) is 22.2 Å². The van der Waals surface area contributed by atoms with Crippen molar-refractivity contribution in [3.8, 4) is 11.3 Å². The zero-order chi connectivity index (χ0) is 17.1. The Labute approximate surface area is 144 Å². The zero-order valence-electron chi connectivity index (χ0n) is 13.5. The molecular formula is C19H17N3O3. The zero-order valence-corrected chi connectivity index (χ0v) is 13.5. The van der Waals surface area contributed by atoms with Crippen LogP contribution in [0.25, 0.3) is 11.3 Å². The molecule has 0 unspecified atom stereocenters. The van der Waals surface area contributed by atoms with Gasteiger partial charge in [0.1, 0.15) is 18.1 Å². The van der Waals surface area contributed by atoms with E-state index in [2.05, 4.69) is 15.5 Å². The molecule has 1 aromatic carbocycles. The van der Waals surface area contributed by atoms with Gasteiger partial charge in [0, 0.05) is 23.9 Å². The van der Waals surface area contributed by atoms with E-state index in [-0.39, 0.29) is 6.61 Å². The smallest absolute Gasteiger partial charge is 0.340 e. The molecule has 126 valence electrons. The van der Waals surface area contributed by atoms with Crippen LogP contribution in [0.5, 0.6) is 0 Å². The number of benzene rings is 1. The lowest BCUT2D eigenvalue weighted by atomic mass is 10.2. The van der Waals surface area contributed by atoms with E-state index in [4.69, 9.17) is 9.26 Å². The molecule has 2 aromatic heterocycles. The van der Waals surface area contributed by atoms with E-state index in [1.165, 1.54) is 19.0 Å². The molecule has 1 saturated carbocycles. The van der Waals surface area contributed by atoms with Gasteiger partial charge in [0.2, 0.25) is 0 Å². The number of nitrogens with one attached hydrogen (secondary N) is 1. The minimum Gasteiger partial charge on any atom is -0.455 e. The average Bonchev–Trinajstić information content (AvgIpc) is 3.34. The van der Waals surface area contributed by atoms with E-state index in [1.807, 2.05) is 30.3 Å². The summed E-state index contributed by atoms with van der Waals surface area (Å²) in [5.41, 5.74) is 1.90. The maximum absolute atomic E-state index is 12.1. The first-order chi connectivity index (χ1) is 12.3. The molecule has 6 nitrogen and oxygen atoms in total. The monoisotopic (exact) mass is 335 g/mol. The molecule has 0 radical (unpaired) electrons. The molecule has 0 atom stereocenters. The Bertz CT molecular complexity index is 855. The number of rotatable bonds is 6. The van der Waals surface area contributed by atoms with Crippen molar-refractivity contribution in [3.63, 3.8) is 0 Å². The molecule has 4 rings (SSSR count). The Kier molecular flexibility index (Phi) is 4.16. The van der Waals surface area contributed by atoms with Crippen LogP contribution in [0.3, 0.4) is 0 Å². The molecule has 0 saturated heterocycles. The summed E-state index contributed by atoms with van der Waals surface area (Å²) in [5, 5.41) is 7.21. The Morgan fingerprint density at radius 2 is 2.04 bits per heavy atom. The van der Waals surface area contributed by atoms with E-state index in [0.717, 1.165) is 11.4 Å². The SMILES string of the molecule is O=C(OCc1cc(-c2ccccc2)on1)c1ccc(NC2CC2)nc1. The lowest BCUT2D eigenvalue weighted by Crippen LogP contribution is -2.07. The molecule has 1 aliphatic rings. The molecule has 0 spiro atoms. The summed E-state index contributed by atoms with van der Waals surface area (Å²) in [5.74, 6) is 0.988. The number of ether oxygens (including phenoxy) is 1. The van der Waals surface area contributed by atoms with Crippen molar-refractivity contribution >= 4 is 11.8 Å². The second kappa shape index (κ2) is 6.76. The minimum atomic E-state index is -0.435. The lowest BCUT2D eigenvalue weighted by molar-refractivity contribution is 0.0464. The Hall–Kier alpha value is -3.15. The van der Waals surface area contributed by atoms with Gasteiger partial charge in [-0.1, -0.05) is 35.5 Å². The van der Waals surface area contributed by atoms with Gasteiger partial charge in [0.05, 0.1) is 5.56 Å². The van der Waals surface area contributed by atoms with Gasteiger partial charge < -0.3 is 14.6 Å². The second-order valence-corrected chi connectivity index (χ2v) is 5.98. The number of nitrogens with zero attached hydrogens (tertiary/aromatic N) is 2. The Morgan fingerprint density at radius 3 is 2.76 bits per heavy atom. The number of esters is 1. The molecular weight excluding hydrogens is 318 g/mol. The summed E-state index contributed by atoms with van der Waals surface area (Å²) in [6.07, 6.45) is 3.87. The normalized spacial score (nSPS) is 13.4. The number of anilines is 1. The Balaban J connectivity index is 1.34. The van der Waals surface area contributed by atoms with Crippen molar-refractivity contribution in [2.24, 2.45) is 0 Å². The fourth-order valence-electron chi connectivity index (χ4n) is 2.38. The van der Waals surface area contributed by atoms with E-state index in [0.29, 0.717) is 23.1 Å². The van der Waals surface area contributed by atoms with Crippen molar-refractivity contribution in [1.29, 1.82) is 0 Å². The molecule has 1 N–H and O–H groups in total. The van der Waals surface area contributed by atoms with Crippen molar-refractivity contribution in [3.05, 3.63) is 66.0 Å². The quantitative estimate of drug-likeness (QED) is 0.693. The third kappa shape index (κ3) is 3.85. The van der Waals surface area contributed by atoms with Crippen LogP contribution >= 0.6 is 0 Å². The van der Waals surface area contributed by atoms with Gasteiger partial charge in [0.15, 0.2) is 5.76 Å². The lowest BCUT2D eigenvalue weighted by Gasteiger charge is -2.05. The molecule has 2 heterocycles. The van der Waals surface area contributed by atoms with E-state index >= 15 is 0 Å². The van der Waals surface area contributed by atoms with Crippen LogP contribution in [0.1, 0.15) is 28.9 Å². The van der Waals surface area contributed by atoms with Gasteiger partial charge in [-0.25, -0.2) is 9.78 Å². The summed E-state index contributed by atoms with van der Waals surface area (Å²) in [6, 6.07) is 15.4. The molecule has 1 aliphatic carbocycles. The third-order valence-electron chi connectivity index (χ3n) is 3.90. The van der Waals surface area contributed by atoms with Gasteiger partial charge in [0.25, 0.3) is 0 Å². The topological polar surface area (TPSA) is 77.2 Å². The summed E-state index contributed by atoms with van der Waals surface area (Å²) < 4.78 is 10.6. The molecule has 0 amide bonds. The fourth-order valence-corrected chi connectivity index (χ4v) is 2.38. The molecule has 25 heavy (non-hydrogen) atoms. The summed E-state index contributed by atoms with van der Waals surface area (Å²) >= 11 is 0. The van der Waals surface area contributed by atoms with Crippen LogP contribution in [0, 0.1) is 0 Å². The third-order valence-corrected chi connectivity index (χ3v) is 3.90. The minimum absolute atomic E-state index is 0.0528. The first-order valence-electron chi connectivity index (χ1n) is 8.19. The predicted molar refractivity (Wildman–Crippen MR) is 91.9 cm³/mol. The summed E-state index contributed by atoms with van der Waals surface area (Å²) in [4.78, 5) is 16.3. The highest BCUT2D eigenvalue weighted by Gasteiger charge is 2.21. The highest BCUT2D eigenvalue weighted by Crippen LogP contribution is 2.23. The number of hydrogen-bond acceptors (Lipinski definition) is 6. The largest absolute Gasteiger partial charge is 0.455 e. The molecule has 0 bridgehead atoms. The fraction of sp³-hybridized carbons (Fsp3) is 0.211. The molecule has 0 aliphatic heterocycles. The average molecular weight is 335 g/mol. The molecule has 3 aromatic rings. The number of pyridine rings is 1. The maximum Gasteiger partial charge on any atom is 0.340 e. The predicted octanol–water partition coefficient (Wildman–Crippen LogP) is 3.67. The van der Waals surface area contributed by atoms with Crippen LogP contribution in [0.2, 0.25) is 0 Å². The maximum atomic E-state index is 12.1. The highest BCUT2D eigenvalue weighted by atomic mass is 16.5. The van der Waals surface area contributed by atoms with Crippen molar-refractivity contribution in [2.45, 2.75) is 25.5 Å². The van der Waals surface area contributed by atoms with Crippen LogP contribution in [0.15, 0.2) is 59.3 Å². The van der Waals surface area contributed by atoms with Gasteiger partial charge >= 0.3 is 5.97 Å². The van der Waals surface area contributed by atoms with Crippen molar-refractivity contribution in [2.75, 3.05) is 5.32 Å². The molecule has 1 fully saturated rings. The van der Waals surface area contributed by atoms with E-state index in [1.54, 1.807) is 18.2 Å². The van der Waals surface area contributed by atoms with Gasteiger partial charge in [-0.05, 0) is 25.0 Å². The van der Waals surface area contributed by atoms with Crippen LogP contribution < -0.4 is 5.32 Å². The first-order valence-corrected chi connectivity index (χ1v) is 8.19. The number of carbonyl (C=O) groups excluding carboxylic acids is 1. The van der Waals surface area contributed by atoms with Crippen molar-refractivity contribution in [1.82, 2.24) is 10.1 Å². The van der Waals surface area contributed by atoms with Crippen LogP contribution in [0.4, 0.5) is 5.82 Å². The summed E-state index contributed by atoms with van der Waals surface area (Å²) in [6.45, 7) is 0.0528. The van der Waals surface area contributed by atoms with E-state index < -0.39 is 5.97 Å². The second-order valence-electron chi connectivity index (χ2n) is 5.98. The number of carbonyl (C=O) groups is 1. The first kappa shape index (κ1) is 15.4. The van der Waals surface area contributed by atoms with Crippen LogP contribution in [-0.2, 0) is 11.3 Å². The number of aromatic nitrogens is 2. The van der Waals surface area contributed by atoms with Gasteiger partial charge in [-0.2, -0.15) is 0 Å². The highest BCUT2D eigenvalue weighted by molar-refractivity contribution is 5.89. The Morgan fingerprint density at radius 1 is 1.20 bits per heavy atom. The molecule has 6 heteroatoms.